The van der Waals surface area contributed by atoms with Crippen molar-refractivity contribution in [2.45, 2.75) is 38.8 Å². The summed E-state index contributed by atoms with van der Waals surface area (Å²) in [7, 11) is 1.97. The molecule has 1 aliphatic rings. The topological polar surface area (TPSA) is 34.4 Å². The minimum atomic E-state index is 0.155. The summed E-state index contributed by atoms with van der Waals surface area (Å²) in [6.07, 6.45) is 2.82. The molecule has 1 aromatic heterocycles. The highest BCUT2D eigenvalue weighted by Gasteiger charge is 2.23. The molecule has 1 aliphatic carbocycles. The van der Waals surface area contributed by atoms with Gasteiger partial charge in [0, 0.05) is 5.56 Å². The largest absolute Gasteiger partial charge is 0.490 e. The van der Waals surface area contributed by atoms with Crippen molar-refractivity contribution in [3.63, 3.8) is 0 Å². The Morgan fingerprint density at radius 1 is 1.20 bits per heavy atom. The van der Waals surface area contributed by atoms with E-state index in [1.54, 1.807) is 0 Å². The maximum atomic E-state index is 5.79. The molecule has 20 heavy (non-hydrogen) atoms. The molecule has 0 bridgehead atoms. The first-order valence-corrected chi connectivity index (χ1v) is 7.18. The lowest BCUT2D eigenvalue weighted by molar-refractivity contribution is 0.303. The number of aryl methyl sites for hydroxylation is 2. The second kappa shape index (κ2) is 5.33. The highest BCUT2D eigenvalue weighted by Crippen LogP contribution is 2.30. The van der Waals surface area contributed by atoms with E-state index in [0.717, 1.165) is 17.3 Å². The Morgan fingerprint density at radius 2 is 1.90 bits per heavy atom. The van der Waals surface area contributed by atoms with Gasteiger partial charge >= 0.3 is 0 Å². The lowest BCUT2D eigenvalue weighted by atomic mass is 9.99. The highest BCUT2D eigenvalue weighted by molar-refractivity contribution is 5.37. The molecule has 1 N–H and O–H groups in total. The maximum absolute atomic E-state index is 5.79. The number of rotatable bonds is 5. The van der Waals surface area contributed by atoms with E-state index in [1.807, 2.05) is 20.9 Å². The van der Waals surface area contributed by atoms with E-state index in [-0.39, 0.29) is 6.04 Å². The normalized spacial score (nSPS) is 16.1. The summed E-state index contributed by atoms with van der Waals surface area (Å²) in [5.41, 5.74) is 2.42. The Balaban J connectivity index is 1.83. The molecular formula is C17H21NO2. The average molecular weight is 271 g/mol. The monoisotopic (exact) mass is 271 g/mol. The van der Waals surface area contributed by atoms with Crippen molar-refractivity contribution < 1.29 is 9.15 Å². The van der Waals surface area contributed by atoms with Crippen molar-refractivity contribution in [3.05, 3.63) is 53.0 Å². The third-order valence-electron chi connectivity index (χ3n) is 3.72. The van der Waals surface area contributed by atoms with Crippen molar-refractivity contribution >= 4 is 0 Å². The number of benzene rings is 1. The highest BCUT2D eigenvalue weighted by atomic mass is 16.5. The van der Waals surface area contributed by atoms with Crippen molar-refractivity contribution in [3.8, 4) is 5.75 Å². The molecule has 0 aliphatic heterocycles. The Labute approximate surface area is 119 Å². The summed E-state index contributed by atoms with van der Waals surface area (Å²) >= 11 is 0. The van der Waals surface area contributed by atoms with Gasteiger partial charge in [0.2, 0.25) is 0 Å². The first-order chi connectivity index (χ1) is 9.67. The van der Waals surface area contributed by atoms with Gasteiger partial charge in [-0.25, -0.2) is 0 Å². The van der Waals surface area contributed by atoms with Crippen LogP contribution >= 0.6 is 0 Å². The molecule has 0 radical (unpaired) electrons. The van der Waals surface area contributed by atoms with Gasteiger partial charge in [-0.3, -0.25) is 0 Å². The van der Waals surface area contributed by atoms with E-state index < -0.39 is 0 Å². The smallest absolute Gasteiger partial charge is 0.119 e. The van der Waals surface area contributed by atoms with Crippen LogP contribution in [0, 0.1) is 13.8 Å². The van der Waals surface area contributed by atoms with E-state index in [9.17, 15) is 0 Å². The first-order valence-electron chi connectivity index (χ1n) is 7.18. The Morgan fingerprint density at radius 3 is 2.40 bits per heavy atom. The predicted molar refractivity (Wildman–Crippen MR) is 79.2 cm³/mol. The van der Waals surface area contributed by atoms with Crippen LogP contribution in [0.3, 0.4) is 0 Å². The van der Waals surface area contributed by atoms with Crippen molar-refractivity contribution in [2.75, 3.05) is 7.05 Å². The lowest BCUT2D eigenvalue weighted by Gasteiger charge is -2.16. The molecule has 106 valence electrons. The average Bonchev–Trinajstić information content (AvgIpc) is 3.18. The summed E-state index contributed by atoms with van der Waals surface area (Å²) in [5, 5.41) is 3.36. The van der Waals surface area contributed by atoms with Crippen molar-refractivity contribution in [2.24, 2.45) is 0 Å². The van der Waals surface area contributed by atoms with E-state index in [4.69, 9.17) is 9.15 Å². The van der Waals surface area contributed by atoms with Crippen LogP contribution in [0.2, 0.25) is 0 Å². The van der Waals surface area contributed by atoms with Crippen LogP contribution in [-0.2, 0) is 0 Å². The molecule has 0 spiro atoms. The summed E-state index contributed by atoms with van der Waals surface area (Å²) in [6.45, 7) is 3.99. The van der Waals surface area contributed by atoms with Crippen LogP contribution < -0.4 is 10.1 Å². The maximum Gasteiger partial charge on any atom is 0.119 e. The molecule has 1 unspecified atom stereocenters. The SMILES string of the molecule is CNC(c1ccc(OC2CC2)cc1)c1cc(C)oc1C. The number of furan rings is 1. The van der Waals surface area contributed by atoms with Crippen LogP contribution in [0.1, 0.15) is 41.5 Å². The van der Waals surface area contributed by atoms with E-state index >= 15 is 0 Å². The first kappa shape index (κ1) is 13.3. The third kappa shape index (κ3) is 2.73. The molecule has 1 saturated carbocycles. The van der Waals surface area contributed by atoms with Crippen LogP contribution in [0.15, 0.2) is 34.7 Å². The van der Waals surface area contributed by atoms with Crippen LogP contribution in [0.4, 0.5) is 0 Å². The van der Waals surface area contributed by atoms with Crippen LogP contribution in [0.5, 0.6) is 5.75 Å². The fourth-order valence-electron chi connectivity index (χ4n) is 2.56. The van der Waals surface area contributed by atoms with Gasteiger partial charge in [0.1, 0.15) is 17.3 Å². The van der Waals surface area contributed by atoms with E-state index in [0.29, 0.717) is 6.10 Å². The minimum absolute atomic E-state index is 0.155. The second-order valence-electron chi connectivity index (χ2n) is 5.48. The Kier molecular flexibility index (Phi) is 3.53. The van der Waals surface area contributed by atoms with Gasteiger partial charge in [-0.1, -0.05) is 12.1 Å². The molecule has 0 amide bonds. The minimum Gasteiger partial charge on any atom is -0.490 e. The van der Waals surface area contributed by atoms with Crippen LogP contribution in [0.25, 0.3) is 0 Å². The molecule has 0 saturated heterocycles. The molecule has 1 atom stereocenters. The van der Waals surface area contributed by atoms with Gasteiger partial charge in [-0.05, 0) is 57.5 Å². The number of nitrogens with one attached hydrogen (secondary N) is 1. The van der Waals surface area contributed by atoms with Crippen molar-refractivity contribution in [1.82, 2.24) is 5.32 Å². The molecular weight excluding hydrogens is 250 g/mol. The fourth-order valence-corrected chi connectivity index (χ4v) is 2.56. The molecule has 3 heteroatoms. The number of ether oxygens (including phenoxy) is 1. The Bertz CT molecular complexity index is 582. The summed E-state index contributed by atoms with van der Waals surface area (Å²) < 4.78 is 11.4. The molecule has 1 heterocycles. The van der Waals surface area contributed by atoms with Gasteiger partial charge in [-0.2, -0.15) is 0 Å². The third-order valence-corrected chi connectivity index (χ3v) is 3.72. The molecule has 3 nitrogen and oxygen atoms in total. The fraction of sp³-hybridized carbons (Fsp3) is 0.412. The van der Waals surface area contributed by atoms with E-state index in [2.05, 4.69) is 35.6 Å². The molecule has 1 fully saturated rings. The number of hydrogen-bond donors (Lipinski definition) is 1. The Hall–Kier alpha value is -1.74. The van der Waals surface area contributed by atoms with Gasteiger partial charge in [0.25, 0.3) is 0 Å². The van der Waals surface area contributed by atoms with Gasteiger partial charge in [0.05, 0.1) is 12.1 Å². The molecule has 3 rings (SSSR count). The van der Waals surface area contributed by atoms with E-state index in [1.165, 1.54) is 24.0 Å². The quantitative estimate of drug-likeness (QED) is 0.899. The van der Waals surface area contributed by atoms with Gasteiger partial charge in [0.15, 0.2) is 0 Å². The zero-order valence-corrected chi connectivity index (χ0v) is 12.3. The number of hydrogen-bond acceptors (Lipinski definition) is 3. The van der Waals surface area contributed by atoms with Crippen LogP contribution in [-0.4, -0.2) is 13.2 Å². The van der Waals surface area contributed by atoms with Gasteiger partial charge in [-0.15, -0.1) is 0 Å². The predicted octanol–water partition coefficient (Wildman–Crippen LogP) is 3.75. The lowest BCUT2D eigenvalue weighted by Crippen LogP contribution is -2.17. The summed E-state index contributed by atoms with van der Waals surface area (Å²) in [5.74, 6) is 2.89. The van der Waals surface area contributed by atoms with Gasteiger partial charge < -0.3 is 14.5 Å². The summed E-state index contributed by atoms with van der Waals surface area (Å²) in [4.78, 5) is 0. The summed E-state index contributed by atoms with van der Waals surface area (Å²) in [6, 6.07) is 10.6. The zero-order valence-electron chi connectivity index (χ0n) is 12.3. The molecule has 2 aromatic rings. The zero-order chi connectivity index (χ0) is 14.1. The second-order valence-corrected chi connectivity index (χ2v) is 5.48. The standard InChI is InChI=1S/C17H21NO2/c1-11-10-16(12(2)19-11)17(18-3)13-4-6-14(7-5-13)20-15-8-9-15/h4-7,10,15,17-18H,8-9H2,1-3H3. The van der Waals surface area contributed by atoms with Crippen molar-refractivity contribution in [1.29, 1.82) is 0 Å². The molecule has 1 aromatic carbocycles.